The Kier molecular flexibility index (Phi) is 2.71. The van der Waals surface area contributed by atoms with Crippen LogP contribution in [-0.4, -0.2) is 34.1 Å². The second-order valence-electron chi connectivity index (χ2n) is 4.47. The van der Waals surface area contributed by atoms with E-state index in [1.54, 1.807) is 4.68 Å². The predicted molar refractivity (Wildman–Crippen MR) is 57.2 cm³/mol. The molecule has 88 valence electrons. The molecule has 0 radical (unpaired) electrons. The second-order valence-corrected chi connectivity index (χ2v) is 4.47. The Morgan fingerprint density at radius 1 is 1.69 bits per heavy atom. The maximum atomic E-state index is 11.3. The van der Waals surface area contributed by atoms with Gasteiger partial charge in [-0.25, -0.2) is 0 Å². The van der Waals surface area contributed by atoms with Crippen molar-refractivity contribution in [3.63, 3.8) is 0 Å². The number of carboxylic acid groups (broad SMARTS) is 1. The summed E-state index contributed by atoms with van der Waals surface area (Å²) in [4.78, 5) is 11.3. The fourth-order valence-electron chi connectivity index (χ4n) is 2.09. The highest BCUT2D eigenvalue weighted by atomic mass is 16.5. The molecular weight excluding hydrogens is 208 g/mol. The van der Waals surface area contributed by atoms with Crippen molar-refractivity contribution in [3.05, 3.63) is 17.5 Å². The van der Waals surface area contributed by atoms with E-state index in [1.807, 2.05) is 19.9 Å². The molecule has 1 atom stereocenters. The van der Waals surface area contributed by atoms with Crippen LogP contribution in [0.5, 0.6) is 0 Å². The number of ether oxygens (including phenoxy) is 1. The van der Waals surface area contributed by atoms with Crippen molar-refractivity contribution >= 4 is 5.97 Å². The largest absolute Gasteiger partial charge is 0.481 e. The topological polar surface area (TPSA) is 64.4 Å². The zero-order valence-electron chi connectivity index (χ0n) is 9.56. The van der Waals surface area contributed by atoms with E-state index in [0.717, 1.165) is 11.4 Å². The average Bonchev–Trinajstić information content (AvgIpc) is 2.76. The lowest BCUT2D eigenvalue weighted by Gasteiger charge is -2.22. The SMILES string of the molecule is Cc1cc(C)n(CC2(C(=O)O)CCOC2)n1. The molecule has 1 fully saturated rings. The van der Waals surface area contributed by atoms with Crippen molar-refractivity contribution in [1.29, 1.82) is 0 Å². The van der Waals surface area contributed by atoms with Crippen LogP contribution in [0.15, 0.2) is 6.07 Å². The monoisotopic (exact) mass is 224 g/mol. The maximum absolute atomic E-state index is 11.3. The first-order valence-electron chi connectivity index (χ1n) is 5.36. The lowest BCUT2D eigenvalue weighted by molar-refractivity contribution is -0.150. The molecule has 1 aromatic rings. The summed E-state index contributed by atoms with van der Waals surface area (Å²) in [6.45, 7) is 5.03. The van der Waals surface area contributed by atoms with Gasteiger partial charge in [0.25, 0.3) is 0 Å². The molecule has 1 aromatic heterocycles. The van der Waals surface area contributed by atoms with Gasteiger partial charge >= 0.3 is 5.97 Å². The summed E-state index contributed by atoms with van der Waals surface area (Å²) in [5.41, 5.74) is 1.10. The Bertz CT molecular complexity index is 405. The Labute approximate surface area is 94.0 Å². The third-order valence-electron chi connectivity index (χ3n) is 3.11. The van der Waals surface area contributed by atoms with Gasteiger partial charge in [0, 0.05) is 12.3 Å². The number of aryl methyl sites for hydroxylation is 2. The van der Waals surface area contributed by atoms with Crippen molar-refractivity contribution in [1.82, 2.24) is 9.78 Å². The minimum atomic E-state index is -0.802. The summed E-state index contributed by atoms with van der Waals surface area (Å²) >= 11 is 0. The van der Waals surface area contributed by atoms with Crippen LogP contribution in [0.3, 0.4) is 0 Å². The quantitative estimate of drug-likeness (QED) is 0.831. The highest BCUT2D eigenvalue weighted by molar-refractivity contribution is 5.75. The first kappa shape index (κ1) is 11.1. The van der Waals surface area contributed by atoms with Crippen molar-refractivity contribution in [2.24, 2.45) is 5.41 Å². The van der Waals surface area contributed by atoms with Gasteiger partial charge < -0.3 is 9.84 Å². The van der Waals surface area contributed by atoms with Crippen LogP contribution >= 0.6 is 0 Å². The molecule has 0 spiro atoms. The number of carboxylic acids is 1. The highest BCUT2D eigenvalue weighted by Crippen LogP contribution is 2.31. The van der Waals surface area contributed by atoms with Gasteiger partial charge in [-0.3, -0.25) is 9.48 Å². The Morgan fingerprint density at radius 2 is 2.44 bits per heavy atom. The van der Waals surface area contributed by atoms with Crippen LogP contribution in [-0.2, 0) is 16.1 Å². The normalized spacial score (nSPS) is 24.9. The standard InChI is InChI=1S/C11H16N2O3/c1-8-5-9(2)13(12-8)6-11(10(14)15)3-4-16-7-11/h5H,3-4,6-7H2,1-2H3,(H,14,15). The first-order valence-corrected chi connectivity index (χ1v) is 5.36. The molecule has 2 heterocycles. The van der Waals surface area contributed by atoms with E-state index in [2.05, 4.69) is 5.10 Å². The molecule has 0 saturated carbocycles. The van der Waals surface area contributed by atoms with Crippen molar-refractivity contribution in [2.75, 3.05) is 13.2 Å². The number of aliphatic carboxylic acids is 1. The van der Waals surface area contributed by atoms with Gasteiger partial charge in [0.15, 0.2) is 0 Å². The highest BCUT2D eigenvalue weighted by Gasteiger charge is 2.43. The molecule has 1 aliphatic rings. The Morgan fingerprint density at radius 3 is 2.88 bits per heavy atom. The van der Waals surface area contributed by atoms with E-state index in [9.17, 15) is 9.90 Å². The van der Waals surface area contributed by atoms with Crippen LogP contribution < -0.4 is 0 Å². The zero-order chi connectivity index (χ0) is 11.8. The summed E-state index contributed by atoms with van der Waals surface area (Å²) in [5, 5.41) is 13.6. The number of carbonyl (C=O) groups is 1. The predicted octanol–water partition coefficient (Wildman–Crippen LogP) is 0.991. The molecule has 1 N–H and O–H groups in total. The summed E-state index contributed by atoms with van der Waals surface area (Å²) < 4.78 is 6.98. The van der Waals surface area contributed by atoms with E-state index in [1.165, 1.54) is 0 Å². The molecule has 0 bridgehead atoms. The van der Waals surface area contributed by atoms with E-state index in [4.69, 9.17) is 4.74 Å². The molecule has 2 rings (SSSR count). The molecule has 0 aromatic carbocycles. The maximum Gasteiger partial charge on any atom is 0.313 e. The minimum Gasteiger partial charge on any atom is -0.481 e. The molecular formula is C11H16N2O3. The fourth-order valence-corrected chi connectivity index (χ4v) is 2.09. The third-order valence-corrected chi connectivity index (χ3v) is 3.11. The molecule has 1 saturated heterocycles. The van der Waals surface area contributed by atoms with Gasteiger partial charge in [-0.05, 0) is 26.3 Å². The molecule has 1 aliphatic heterocycles. The molecule has 5 heteroatoms. The van der Waals surface area contributed by atoms with Crippen LogP contribution in [0, 0.1) is 19.3 Å². The van der Waals surface area contributed by atoms with Crippen molar-refractivity contribution in [2.45, 2.75) is 26.8 Å². The summed E-state index contributed by atoms with van der Waals surface area (Å²) in [5.74, 6) is -0.794. The number of rotatable bonds is 3. The lowest BCUT2D eigenvalue weighted by atomic mass is 9.87. The van der Waals surface area contributed by atoms with Crippen LogP contribution in [0.1, 0.15) is 17.8 Å². The minimum absolute atomic E-state index is 0.278. The van der Waals surface area contributed by atoms with Gasteiger partial charge in [0.05, 0.1) is 18.8 Å². The number of aromatic nitrogens is 2. The van der Waals surface area contributed by atoms with E-state index in [-0.39, 0.29) is 6.61 Å². The molecule has 0 amide bonds. The van der Waals surface area contributed by atoms with Crippen molar-refractivity contribution < 1.29 is 14.6 Å². The number of hydrogen-bond donors (Lipinski definition) is 1. The molecule has 5 nitrogen and oxygen atoms in total. The first-order chi connectivity index (χ1) is 7.53. The van der Waals surface area contributed by atoms with E-state index >= 15 is 0 Å². The average molecular weight is 224 g/mol. The smallest absolute Gasteiger partial charge is 0.313 e. The summed E-state index contributed by atoms with van der Waals surface area (Å²) in [7, 11) is 0. The van der Waals surface area contributed by atoms with Crippen LogP contribution in [0.25, 0.3) is 0 Å². The van der Waals surface area contributed by atoms with E-state index < -0.39 is 11.4 Å². The van der Waals surface area contributed by atoms with Gasteiger partial charge in [-0.1, -0.05) is 0 Å². The van der Waals surface area contributed by atoms with Crippen LogP contribution in [0.4, 0.5) is 0 Å². The molecule has 1 unspecified atom stereocenters. The Hall–Kier alpha value is -1.36. The molecule has 0 aliphatic carbocycles. The van der Waals surface area contributed by atoms with Gasteiger partial charge in [-0.2, -0.15) is 5.10 Å². The summed E-state index contributed by atoms with van der Waals surface area (Å²) in [6.07, 6.45) is 0.556. The summed E-state index contributed by atoms with van der Waals surface area (Å²) in [6, 6.07) is 1.95. The fraction of sp³-hybridized carbons (Fsp3) is 0.636. The lowest BCUT2D eigenvalue weighted by Crippen LogP contribution is -2.36. The number of hydrogen-bond acceptors (Lipinski definition) is 3. The van der Waals surface area contributed by atoms with Crippen LogP contribution in [0.2, 0.25) is 0 Å². The second kappa shape index (κ2) is 3.90. The van der Waals surface area contributed by atoms with Gasteiger partial charge in [0.1, 0.15) is 5.41 Å². The van der Waals surface area contributed by atoms with Crippen molar-refractivity contribution in [3.8, 4) is 0 Å². The number of nitrogens with zero attached hydrogens (tertiary/aromatic N) is 2. The molecule has 16 heavy (non-hydrogen) atoms. The van der Waals surface area contributed by atoms with E-state index in [0.29, 0.717) is 19.6 Å². The third kappa shape index (κ3) is 1.82. The van der Waals surface area contributed by atoms with Gasteiger partial charge in [-0.15, -0.1) is 0 Å². The van der Waals surface area contributed by atoms with Gasteiger partial charge in [0.2, 0.25) is 0 Å². The Balaban J connectivity index is 2.24. The zero-order valence-corrected chi connectivity index (χ0v) is 9.56.